The third-order valence-electron chi connectivity index (χ3n) is 2.89. The van der Waals surface area contributed by atoms with Crippen LogP contribution in [-0.4, -0.2) is 0 Å². The van der Waals surface area contributed by atoms with Gasteiger partial charge < -0.3 is 5.73 Å². The molecule has 1 aliphatic rings. The first-order chi connectivity index (χ1) is 5.72. The van der Waals surface area contributed by atoms with Crippen LogP contribution in [0.5, 0.6) is 0 Å². The maximum atomic E-state index is 6.33. The first kappa shape index (κ1) is 8.27. The highest BCUT2D eigenvalue weighted by Gasteiger charge is 2.32. The van der Waals surface area contributed by atoms with Crippen LogP contribution in [-0.2, 0) is 5.54 Å². The van der Waals surface area contributed by atoms with E-state index in [-0.39, 0.29) is 5.54 Å². The summed E-state index contributed by atoms with van der Waals surface area (Å²) in [5, 5.41) is 4.42. The van der Waals surface area contributed by atoms with Crippen LogP contribution in [0, 0.1) is 6.92 Å². The average Bonchev–Trinajstić information content (AvgIpc) is 2.59. The molecule has 1 saturated carbocycles. The average molecular weight is 181 g/mol. The lowest BCUT2D eigenvalue weighted by Crippen LogP contribution is -2.33. The maximum Gasteiger partial charge on any atom is 0.0420 e. The monoisotopic (exact) mass is 181 g/mol. The van der Waals surface area contributed by atoms with E-state index in [2.05, 4.69) is 17.7 Å². The summed E-state index contributed by atoms with van der Waals surface area (Å²) < 4.78 is 0. The van der Waals surface area contributed by atoms with Gasteiger partial charge in [-0.1, -0.05) is 12.8 Å². The molecule has 0 saturated heterocycles. The predicted molar refractivity (Wildman–Crippen MR) is 53.4 cm³/mol. The van der Waals surface area contributed by atoms with E-state index in [1.54, 1.807) is 11.3 Å². The van der Waals surface area contributed by atoms with Crippen molar-refractivity contribution in [3.05, 3.63) is 21.9 Å². The number of nitrogens with two attached hydrogens (primary N) is 1. The highest BCUT2D eigenvalue weighted by atomic mass is 32.1. The number of aryl methyl sites for hydroxylation is 1. The third kappa shape index (κ3) is 1.19. The zero-order valence-corrected chi connectivity index (χ0v) is 8.29. The summed E-state index contributed by atoms with van der Waals surface area (Å²) in [5.74, 6) is 0. The second-order valence-corrected chi connectivity index (χ2v) is 4.58. The molecule has 1 fully saturated rings. The van der Waals surface area contributed by atoms with E-state index in [1.165, 1.54) is 36.8 Å². The summed E-state index contributed by atoms with van der Waals surface area (Å²) in [6.45, 7) is 2.17. The van der Waals surface area contributed by atoms with E-state index >= 15 is 0 Å². The molecule has 0 unspecified atom stereocenters. The summed E-state index contributed by atoms with van der Waals surface area (Å²) in [6.07, 6.45) is 4.94. The Balaban J connectivity index is 2.34. The minimum absolute atomic E-state index is 0.0179. The quantitative estimate of drug-likeness (QED) is 0.708. The van der Waals surface area contributed by atoms with E-state index in [4.69, 9.17) is 5.73 Å². The molecule has 2 rings (SSSR count). The highest BCUT2D eigenvalue weighted by molar-refractivity contribution is 7.08. The number of thiophene rings is 1. The van der Waals surface area contributed by atoms with Gasteiger partial charge in [0.25, 0.3) is 0 Å². The standard InChI is InChI=1S/C10H15NS/c1-8-6-12-7-9(8)10(11)4-2-3-5-10/h6-7H,2-5,11H2,1H3. The van der Waals surface area contributed by atoms with Gasteiger partial charge in [-0.05, 0) is 41.7 Å². The van der Waals surface area contributed by atoms with E-state index in [9.17, 15) is 0 Å². The molecule has 0 spiro atoms. The van der Waals surface area contributed by atoms with Gasteiger partial charge in [0.2, 0.25) is 0 Å². The molecule has 12 heavy (non-hydrogen) atoms. The van der Waals surface area contributed by atoms with E-state index in [0.29, 0.717) is 0 Å². The van der Waals surface area contributed by atoms with E-state index in [0.717, 1.165) is 0 Å². The van der Waals surface area contributed by atoms with Crippen molar-refractivity contribution in [2.75, 3.05) is 0 Å². The second kappa shape index (κ2) is 2.86. The Kier molecular flexibility index (Phi) is 1.97. The van der Waals surface area contributed by atoms with Crippen LogP contribution in [0.3, 0.4) is 0 Å². The summed E-state index contributed by atoms with van der Waals surface area (Å²) in [6, 6.07) is 0. The topological polar surface area (TPSA) is 26.0 Å². The van der Waals surface area contributed by atoms with Gasteiger partial charge in [0.1, 0.15) is 0 Å². The Hall–Kier alpha value is -0.340. The van der Waals surface area contributed by atoms with Gasteiger partial charge in [0, 0.05) is 5.54 Å². The predicted octanol–water partition coefficient (Wildman–Crippen LogP) is 2.78. The molecule has 2 N–H and O–H groups in total. The molecule has 1 aromatic rings. The van der Waals surface area contributed by atoms with Gasteiger partial charge in [0.15, 0.2) is 0 Å². The molecular formula is C10H15NS. The number of rotatable bonds is 1. The van der Waals surface area contributed by atoms with Gasteiger partial charge in [-0.15, -0.1) is 0 Å². The maximum absolute atomic E-state index is 6.33. The van der Waals surface area contributed by atoms with E-state index in [1.807, 2.05) is 0 Å². The Morgan fingerprint density at radius 2 is 2.00 bits per heavy atom. The molecule has 0 amide bonds. The minimum Gasteiger partial charge on any atom is -0.321 e. The fourth-order valence-corrected chi connectivity index (χ4v) is 3.10. The van der Waals surface area contributed by atoms with Gasteiger partial charge in [0.05, 0.1) is 0 Å². The van der Waals surface area contributed by atoms with Crippen LogP contribution in [0.15, 0.2) is 10.8 Å². The van der Waals surface area contributed by atoms with Crippen molar-refractivity contribution in [3.63, 3.8) is 0 Å². The van der Waals surface area contributed by atoms with Crippen molar-refractivity contribution in [1.29, 1.82) is 0 Å². The fraction of sp³-hybridized carbons (Fsp3) is 0.600. The van der Waals surface area contributed by atoms with Gasteiger partial charge in [-0.2, -0.15) is 11.3 Å². The van der Waals surface area contributed by atoms with Gasteiger partial charge in [-0.3, -0.25) is 0 Å². The molecule has 0 radical (unpaired) electrons. The van der Waals surface area contributed by atoms with Crippen LogP contribution in [0.1, 0.15) is 36.8 Å². The summed E-state index contributed by atoms with van der Waals surface area (Å²) >= 11 is 1.77. The Bertz CT molecular complexity index is 271. The van der Waals surface area contributed by atoms with Gasteiger partial charge in [-0.25, -0.2) is 0 Å². The smallest absolute Gasteiger partial charge is 0.0420 e. The van der Waals surface area contributed by atoms with Crippen molar-refractivity contribution in [2.24, 2.45) is 5.73 Å². The molecule has 66 valence electrons. The molecule has 1 nitrogen and oxygen atoms in total. The number of hydrogen-bond donors (Lipinski definition) is 1. The van der Waals surface area contributed by atoms with Crippen LogP contribution in [0.25, 0.3) is 0 Å². The zero-order valence-electron chi connectivity index (χ0n) is 7.47. The molecule has 1 heterocycles. The summed E-state index contributed by atoms with van der Waals surface area (Å²) in [5.41, 5.74) is 9.12. The highest BCUT2D eigenvalue weighted by Crippen LogP contribution is 2.38. The van der Waals surface area contributed by atoms with Crippen molar-refractivity contribution >= 4 is 11.3 Å². The first-order valence-electron chi connectivity index (χ1n) is 4.54. The first-order valence-corrected chi connectivity index (χ1v) is 5.49. The lowest BCUT2D eigenvalue weighted by molar-refractivity contribution is 0.461. The van der Waals surface area contributed by atoms with Gasteiger partial charge >= 0.3 is 0 Å². The van der Waals surface area contributed by atoms with Crippen LogP contribution >= 0.6 is 11.3 Å². The van der Waals surface area contributed by atoms with Crippen molar-refractivity contribution in [3.8, 4) is 0 Å². The molecular weight excluding hydrogens is 166 g/mol. The SMILES string of the molecule is Cc1cscc1C1(N)CCCC1. The zero-order chi connectivity index (χ0) is 8.60. The molecule has 1 aliphatic carbocycles. The largest absolute Gasteiger partial charge is 0.321 e. The summed E-state index contributed by atoms with van der Waals surface area (Å²) in [7, 11) is 0. The second-order valence-electron chi connectivity index (χ2n) is 3.83. The minimum atomic E-state index is 0.0179. The Morgan fingerprint density at radius 1 is 1.33 bits per heavy atom. The number of hydrogen-bond acceptors (Lipinski definition) is 2. The molecule has 0 bridgehead atoms. The Morgan fingerprint density at radius 3 is 2.50 bits per heavy atom. The molecule has 0 aliphatic heterocycles. The molecule has 0 aromatic carbocycles. The normalized spacial score (nSPS) is 21.5. The third-order valence-corrected chi connectivity index (χ3v) is 3.75. The lowest BCUT2D eigenvalue weighted by atomic mass is 9.89. The molecule has 2 heteroatoms. The summed E-state index contributed by atoms with van der Waals surface area (Å²) in [4.78, 5) is 0. The molecule has 0 atom stereocenters. The van der Waals surface area contributed by atoms with Crippen LogP contribution < -0.4 is 5.73 Å². The van der Waals surface area contributed by atoms with Crippen molar-refractivity contribution in [1.82, 2.24) is 0 Å². The van der Waals surface area contributed by atoms with Crippen LogP contribution in [0.2, 0.25) is 0 Å². The molecule has 1 aromatic heterocycles. The van der Waals surface area contributed by atoms with Crippen molar-refractivity contribution in [2.45, 2.75) is 38.1 Å². The fourth-order valence-electron chi connectivity index (χ4n) is 2.15. The van der Waals surface area contributed by atoms with E-state index < -0.39 is 0 Å². The van der Waals surface area contributed by atoms with Crippen LogP contribution in [0.4, 0.5) is 0 Å². The van der Waals surface area contributed by atoms with Crippen molar-refractivity contribution < 1.29 is 0 Å². The lowest BCUT2D eigenvalue weighted by Gasteiger charge is -2.23. The Labute approximate surface area is 77.6 Å².